The lowest BCUT2D eigenvalue weighted by Gasteiger charge is -2.39. The number of nitrogens with zero attached hydrogens (tertiary/aromatic N) is 2. The quantitative estimate of drug-likeness (QED) is 0.758. The lowest BCUT2D eigenvalue weighted by Crippen LogP contribution is -2.42. The first kappa shape index (κ1) is 19.2. The average Bonchev–Trinajstić information content (AvgIpc) is 3.07. The van der Waals surface area contributed by atoms with Gasteiger partial charge in [-0.3, -0.25) is 4.79 Å². The van der Waals surface area contributed by atoms with Crippen LogP contribution in [-0.4, -0.2) is 35.6 Å². The third-order valence-electron chi connectivity index (χ3n) is 5.27. The molecule has 5 heteroatoms. The SMILES string of the molecule is CC(C)(C)OC(=O)N1CC=C([C@@H]2c3ccccc3CCN2c2ccccc2)C1=O. The van der Waals surface area contributed by atoms with E-state index in [1.807, 2.05) is 36.4 Å². The number of hydrogen-bond acceptors (Lipinski definition) is 4. The number of anilines is 1. The van der Waals surface area contributed by atoms with Gasteiger partial charge >= 0.3 is 6.09 Å². The molecule has 0 saturated heterocycles. The number of fused-ring (bicyclic) bond motifs is 1. The second-order valence-corrected chi connectivity index (χ2v) is 8.44. The van der Waals surface area contributed by atoms with Crippen LogP contribution < -0.4 is 4.90 Å². The Hall–Kier alpha value is -3.08. The molecular formula is C24H26N2O3. The van der Waals surface area contributed by atoms with Gasteiger partial charge in [-0.05, 0) is 50.5 Å². The summed E-state index contributed by atoms with van der Waals surface area (Å²) in [4.78, 5) is 29.2. The number of amides is 2. The molecule has 4 rings (SSSR count). The highest BCUT2D eigenvalue weighted by molar-refractivity contribution is 6.06. The molecule has 0 bridgehead atoms. The zero-order valence-electron chi connectivity index (χ0n) is 17.1. The molecule has 0 unspecified atom stereocenters. The van der Waals surface area contributed by atoms with Crippen molar-refractivity contribution >= 4 is 17.7 Å². The van der Waals surface area contributed by atoms with Crippen LogP contribution in [0.15, 0.2) is 66.2 Å². The fourth-order valence-electron chi connectivity index (χ4n) is 4.02. The van der Waals surface area contributed by atoms with E-state index >= 15 is 0 Å². The van der Waals surface area contributed by atoms with Gasteiger partial charge < -0.3 is 9.64 Å². The smallest absolute Gasteiger partial charge is 0.417 e. The number of ether oxygens (including phenoxy) is 1. The molecule has 2 aliphatic rings. The number of benzene rings is 2. The Morgan fingerprint density at radius 1 is 1.03 bits per heavy atom. The molecule has 0 N–H and O–H groups in total. The van der Waals surface area contributed by atoms with Crippen LogP contribution in [-0.2, 0) is 16.0 Å². The number of hydrogen-bond donors (Lipinski definition) is 0. The van der Waals surface area contributed by atoms with Crippen LogP contribution >= 0.6 is 0 Å². The first-order chi connectivity index (χ1) is 13.8. The standard InChI is InChI=1S/C24H26N2O3/c1-24(2,3)29-23(28)26-16-14-20(22(26)27)21-19-12-8-7-9-17(19)13-15-25(21)18-10-5-4-6-11-18/h4-12,14,21H,13,15-16H2,1-3H3/t21-/m0/s1. The molecule has 2 amide bonds. The molecule has 2 heterocycles. The Balaban J connectivity index is 1.69. The van der Waals surface area contributed by atoms with Crippen molar-refractivity contribution in [2.75, 3.05) is 18.0 Å². The normalized spacial score (nSPS) is 19.1. The van der Waals surface area contributed by atoms with Crippen molar-refractivity contribution < 1.29 is 14.3 Å². The van der Waals surface area contributed by atoms with Gasteiger partial charge in [0.05, 0.1) is 12.6 Å². The van der Waals surface area contributed by atoms with Gasteiger partial charge in [-0.1, -0.05) is 48.5 Å². The monoisotopic (exact) mass is 390 g/mol. The lowest BCUT2D eigenvalue weighted by atomic mass is 9.87. The van der Waals surface area contributed by atoms with E-state index < -0.39 is 11.7 Å². The fraction of sp³-hybridized carbons (Fsp3) is 0.333. The van der Waals surface area contributed by atoms with Gasteiger partial charge in [-0.15, -0.1) is 0 Å². The van der Waals surface area contributed by atoms with Gasteiger partial charge in [0.1, 0.15) is 5.60 Å². The van der Waals surface area contributed by atoms with Crippen molar-refractivity contribution in [3.05, 3.63) is 77.4 Å². The molecule has 5 nitrogen and oxygen atoms in total. The maximum atomic E-state index is 13.2. The summed E-state index contributed by atoms with van der Waals surface area (Å²) in [6, 6.07) is 18.1. The highest BCUT2D eigenvalue weighted by Crippen LogP contribution is 2.40. The average molecular weight is 390 g/mol. The molecule has 0 saturated carbocycles. The molecule has 150 valence electrons. The molecule has 29 heavy (non-hydrogen) atoms. The first-order valence-corrected chi connectivity index (χ1v) is 9.99. The van der Waals surface area contributed by atoms with Gasteiger partial charge in [0.15, 0.2) is 0 Å². The maximum Gasteiger partial charge on any atom is 0.417 e. The van der Waals surface area contributed by atoms with Crippen molar-refractivity contribution in [1.82, 2.24) is 4.90 Å². The minimum absolute atomic E-state index is 0.220. The van der Waals surface area contributed by atoms with Crippen LogP contribution in [0.1, 0.15) is 37.9 Å². The summed E-state index contributed by atoms with van der Waals surface area (Å²) in [6.45, 7) is 6.45. The molecule has 1 atom stereocenters. The summed E-state index contributed by atoms with van der Waals surface area (Å²) >= 11 is 0. The van der Waals surface area contributed by atoms with Crippen molar-refractivity contribution in [3.63, 3.8) is 0 Å². The zero-order chi connectivity index (χ0) is 20.6. The summed E-state index contributed by atoms with van der Waals surface area (Å²) in [5.41, 5.74) is 3.42. The third-order valence-corrected chi connectivity index (χ3v) is 5.27. The summed E-state index contributed by atoms with van der Waals surface area (Å²) < 4.78 is 5.43. The van der Waals surface area contributed by atoms with Crippen molar-refractivity contribution in [3.8, 4) is 0 Å². The molecular weight excluding hydrogens is 364 g/mol. The second kappa shape index (κ2) is 7.39. The van der Waals surface area contributed by atoms with E-state index in [-0.39, 0.29) is 18.5 Å². The predicted octanol–water partition coefficient (Wildman–Crippen LogP) is 4.49. The zero-order valence-corrected chi connectivity index (χ0v) is 17.1. The first-order valence-electron chi connectivity index (χ1n) is 9.99. The van der Waals surface area contributed by atoms with Crippen LogP contribution in [0.5, 0.6) is 0 Å². The van der Waals surface area contributed by atoms with Crippen LogP contribution in [0.25, 0.3) is 0 Å². The van der Waals surface area contributed by atoms with E-state index in [1.165, 1.54) is 10.5 Å². The summed E-state index contributed by atoms with van der Waals surface area (Å²) in [6.07, 6.45) is 2.19. The van der Waals surface area contributed by atoms with E-state index in [0.29, 0.717) is 5.57 Å². The van der Waals surface area contributed by atoms with Crippen molar-refractivity contribution in [2.45, 2.75) is 38.8 Å². The molecule has 0 aliphatic carbocycles. The maximum absolute atomic E-state index is 13.2. The number of rotatable bonds is 2. The van der Waals surface area contributed by atoms with Gasteiger partial charge in [0.2, 0.25) is 0 Å². The van der Waals surface area contributed by atoms with Crippen LogP contribution in [0.4, 0.5) is 10.5 Å². The Morgan fingerprint density at radius 3 is 2.45 bits per heavy atom. The van der Waals surface area contributed by atoms with Gasteiger partial charge in [0, 0.05) is 17.8 Å². The molecule has 0 spiro atoms. The molecule has 2 aromatic carbocycles. The topological polar surface area (TPSA) is 49.9 Å². The van der Waals surface area contributed by atoms with E-state index in [0.717, 1.165) is 24.2 Å². The lowest BCUT2D eigenvalue weighted by molar-refractivity contribution is -0.125. The third kappa shape index (κ3) is 3.77. The molecule has 0 aromatic heterocycles. The van der Waals surface area contributed by atoms with Gasteiger partial charge in [-0.25, -0.2) is 9.69 Å². The van der Waals surface area contributed by atoms with Crippen LogP contribution in [0, 0.1) is 0 Å². The van der Waals surface area contributed by atoms with Crippen molar-refractivity contribution in [2.24, 2.45) is 0 Å². The second-order valence-electron chi connectivity index (χ2n) is 8.44. The van der Waals surface area contributed by atoms with E-state index in [1.54, 1.807) is 20.8 Å². The van der Waals surface area contributed by atoms with Crippen LogP contribution in [0.3, 0.4) is 0 Å². The summed E-state index contributed by atoms with van der Waals surface area (Å²) in [5.74, 6) is -0.276. The molecule has 0 fully saturated rings. The highest BCUT2D eigenvalue weighted by atomic mass is 16.6. The molecule has 2 aliphatic heterocycles. The Morgan fingerprint density at radius 2 is 1.72 bits per heavy atom. The number of carbonyl (C=O) groups is 2. The largest absolute Gasteiger partial charge is 0.443 e. The minimum Gasteiger partial charge on any atom is -0.443 e. The predicted molar refractivity (Wildman–Crippen MR) is 113 cm³/mol. The van der Waals surface area contributed by atoms with Crippen LogP contribution in [0.2, 0.25) is 0 Å². The Labute approximate surface area is 171 Å². The highest BCUT2D eigenvalue weighted by Gasteiger charge is 2.40. The molecule has 2 aromatic rings. The minimum atomic E-state index is -0.645. The summed E-state index contributed by atoms with van der Waals surface area (Å²) in [5, 5.41) is 0. The Bertz CT molecular complexity index is 960. The Kier molecular flexibility index (Phi) is 4.91. The van der Waals surface area contributed by atoms with E-state index in [9.17, 15) is 9.59 Å². The number of imide groups is 1. The summed E-state index contributed by atoms with van der Waals surface area (Å²) in [7, 11) is 0. The van der Waals surface area contributed by atoms with Gasteiger partial charge in [0.25, 0.3) is 5.91 Å². The molecule has 0 radical (unpaired) electrons. The van der Waals surface area contributed by atoms with Gasteiger partial charge in [-0.2, -0.15) is 0 Å². The number of carbonyl (C=O) groups excluding carboxylic acids is 2. The number of para-hydroxylation sites is 1. The van der Waals surface area contributed by atoms with E-state index in [4.69, 9.17) is 4.74 Å². The van der Waals surface area contributed by atoms with Crippen molar-refractivity contribution in [1.29, 1.82) is 0 Å². The van der Waals surface area contributed by atoms with E-state index in [2.05, 4.69) is 29.2 Å². The fourth-order valence-corrected chi connectivity index (χ4v) is 4.02.